The number of rotatable bonds is 1. The highest BCUT2D eigenvalue weighted by molar-refractivity contribution is 7.22. The molecule has 7 heteroatoms. The third kappa shape index (κ3) is 3.67. The summed E-state index contributed by atoms with van der Waals surface area (Å²) in [6.07, 6.45) is -0.241. The molecule has 1 amide bonds. The smallest absolute Gasteiger partial charge is 0.410 e. The average Bonchev–Trinajstić information content (AvgIpc) is 2.88. The predicted molar refractivity (Wildman–Crippen MR) is 94.1 cm³/mol. The van der Waals surface area contributed by atoms with Crippen LogP contribution in [0.4, 0.5) is 15.6 Å². The van der Waals surface area contributed by atoms with E-state index >= 15 is 0 Å². The molecular formula is C16H22N4O2S. The van der Waals surface area contributed by atoms with Crippen LogP contribution in [0, 0.1) is 0 Å². The number of thiazole rings is 1. The summed E-state index contributed by atoms with van der Waals surface area (Å²) in [4.78, 5) is 20.7. The number of nitrogens with two attached hydrogens (primary N) is 1. The number of nitrogens with zero attached hydrogens (tertiary/aromatic N) is 3. The average molecular weight is 334 g/mol. The topological polar surface area (TPSA) is 71.7 Å². The first-order chi connectivity index (χ1) is 10.8. The number of carbonyl (C=O) groups is 1. The summed E-state index contributed by atoms with van der Waals surface area (Å²) < 4.78 is 6.51. The van der Waals surface area contributed by atoms with Crippen LogP contribution in [0.5, 0.6) is 0 Å². The molecule has 0 atom stereocenters. The number of carbonyl (C=O) groups excluding carboxylic acids is 1. The number of hydrogen-bond donors (Lipinski definition) is 1. The van der Waals surface area contributed by atoms with Crippen LogP contribution in [0.15, 0.2) is 18.2 Å². The molecule has 1 fully saturated rings. The Morgan fingerprint density at radius 1 is 1.26 bits per heavy atom. The zero-order valence-corrected chi connectivity index (χ0v) is 14.5. The summed E-state index contributed by atoms with van der Waals surface area (Å²) in [5, 5.41) is 0.981. The second kappa shape index (κ2) is 5.88. The number of ether oxygens (including phenoxy) is 1. The van der Waals surface area contributed by atoms with Gasteiger partial charge in [-0.25, -0.2) is 9.78 Å². The Balaban J connectivity index is 1.65. The minimum absolute atomic E-state index is 0.241. The van der Waals surface area contributed by atoms with Crippen LogP contribution in [-0.4, -0.2) is 47.8 Å². The summed E-state index contributed by atoms with van der Waals surface area (Å²) in [6.45, 7) is 8.46. The normalized spacial score (nSPS) is 16.0. The standard InChI is InChI=1S/C16H22N4O2S/c1-16(2,3)22-15(21)20-8-6-19(7-9-20)14-18-12-5-4-11(17)10-13(12)23-14/h4-5,10H,6-9,17H2,1-3H3. The van der Waals surface area contributed by atoms with Gasteiger partial charge in [0.2, 0.25) is 0 Å². The van der Waals surface area contributed by atoms with Crippen molar-refractivity contribution in [2.45, 2.75) is 26.4 Å². The van der Waals surface area contributed by atoms with Crippen LogP contribution in [0.3, 0.4) is 0 Å². The minimum atomic E-state index is -0.457. The van der Waals surface area contributed by atoms with E-state index in [-0.39, 0.29) is 6.09 Å². The van der Waals surface area contributed by atoms with Crippen LogP contribution < -0.4 is 10.6 Å². The number of piperazine rings is 1. The molecule has 2 heterocycles. The summed E-state index contributed by atoms with van der Waals surface area (Å²) >= 11 is 1.64. The molecule has 23 heavy (non-hydrogen) atoms. The predicted octanol–water partition coefficient (Wildman–Crippen LogP) is 2.94. The molecule has 1 aliphatic heterocycles. The zero-order chi connectivity index (χ0) is 16.6. The van der Waals surface area contributed by atoms with E-state index in [1.165, 1.54) is 0 Å². The van der Waals surface area contributed by atoms with E-state index in [9.17, 15) is 4.79 Å². The number of hydrogen-bond acceptors (Lipinski definition) is 6. The minimum Gasteiger partial charge on any atom is -0.444 e. The van der Waals surface area contributed by atoms with E-state index in [1.807, 2.05) is 39.0 Å². The Hall–Kier alpha value is -2.02. The SMILES string of the molecule is CC(C)(C)OC(=O)N1CCN(c2nc3ccc(N)cc3s2)CC1. The van der Waals surface area contributed by atoms with E-state index in [1.54, 1.807) is 16.2 Å². The van der Waals surface area contributed by atoms with Crippen LogP contribution >= 0.6 is 11.3 Å². The molecule has 124 valence electrons. The zero-order valence-electron chi connectivity index (χ0n) is 13.7. The highest BCUT2D eigenvalue weighted by Gasteiger charge is 2.26. The van der Waals surface area contributed by atoms with E-state index in [2.05, 4.69) is 9.88 Å². The number of amides is 1. The van der Waals surface area contributed by atoms with Crippen LogP contribution in [0.2, 0.25) is 0 Å². The molecule has 1 aromatic heterocycles. The second-order valence-corrected chi connectivity index (χ2v) is 7.69. The molecule has 2 aromatic rings. The van der Waals surface area contributed by atoms with Crippen molar-refractivity contribution in [3.63, 3.8) is 0 Å². The van der Waals surface area contributed by atoms with Crippen molar-refractivity contribution >= 4 is 38.5 Å². The Morgan fingerprint density at radius 3 is 2.61 bits per heavy atom. The molecule has 0 saturated carbocycles. The van der Waals surface area contributed by atoms with Gasteiger partial charge in [0, 0.05) is 31.9 Å². The maximum atomic E-state index is 12.1. The molecule has 0 unspecified atom stereocenters. The monoisotopic (exact) mass is 334 g/mol. The first-order valence-electron chi connectivity index (χ1n) is 7.71. The molecule has 1 aliphatic rings. The molecule has 1 saturated heterocycles. The number of aromatic nitrogens is 1. The summed E-state index contributed by atoms with van der Waals surface area (Å²) in [5.41, 5.74) is 7.08. The third-order valence-corrected chi connectivity index (χ3v) is 4.68. The van der Waals surface area contributed by atoms with Crippen molar-refractivity contribution in [1.82, 2.24) is 9.88 Å². The number of fused-ring (bicyclic) bond motifs is 1. The molecule has 6 nitrogen and oxygen atoms in total. The fourth-order valence-corrected chi connectivity index (χ4v) is 3.54. The van der Waals surface area contributed by atoms with E-state index in [0.717, 1.165) is 34.1 Å². The molecule has 1 aromatic carbocycles. The molecule has 0 spiro atoms. The van der Waals surface area contributed by atoms with Crippen molar-refractivity contribution < 1.29 is 9.53 Å². The fourth-order valence-electron chi connectivity index (χ4n) is 2.47. The van der Waals surface area contributed by atoms with Crippen LogP contribution in [0.1, 0.15) is 20.8 Å². The number of anilines is 2. The van der Waals surface area contributed by atoms with Crippen molar-refractivity contribution in [1.29, 1.82) is 0 Å². The van der Waals surface area contributed by atoms with Crippen molar-refractivity contribution in [2.75, 3.05) is 36.8 Å². The van der Waals surface area contributed by atoms with Gasteiger partial charge in [0.25, 0.3) is 0 Å². The van der Waals surface area contributed by atoms with Gasteiger partial charge in [0.15, 0.2) is 5.13 Å². The van der Waals surface area contributed by atoms with Crippen molar-refractivity contribution in [3.8, 4) is 0 Å². The highest BCUT2D eigenvalue weighted by Crippen LogP contribution is 2.30. The molecule has 0 aliphatic carbocycles. The Bertz CT molecular complexity index is 714. The Morgan fingerprint density at radius 2 is 1.96 bits per heavy atom. The second-order valence-electron chi connectivity index (χ2n) is 6.68. The van der Waals surface area contributed by atoms with Gasteiger partial charge in [0.1, 0.15) is 5.60 Å². The van der Waals surface area contributed by atoms with Gasteiger partial charge in [-0.05, 0) is 39.0 Å². The van der Waals surface area contributed by atoms with Gasteiger partial charge in [0.05, 0.1) is 10.2 Å². The summed E-state index contributed by atoms with van der Waals surface area (Å²) in [5.74, 6) is 0. The van der Waals surface area contributed by atoms with Gasteiger partial charge in [-0.2, -0.15) is 0 Å². The lowest BCUT2D eigenvalue weighted by Gasteiger charge is -2.35. The lowest BCUT2D eigenvalue weighted by molar-refractivity contribution is 0.0240. The Kier molecular flexibility index (Phi) is 4.06. The molecule has 0 radical (unpaired) electrons. The highest BCUT2D eigenvalue weighted by atomic mass is 32.1. The number of benzene rings is 1. The molecule has 3 rings (SSSR count). The largest absolute Gasteiger partial charge is 0.444 e. The first kappa shape index (κ1) is 15.9. The van der Waals surface area contributed by atoms with Gasteiger partial charge in [-0.15, -0.1) is 0 Å². The first-order valence-corrected chi connectivity index (χ1v) is 8.52. The van der Waals surface area contributed by atoms with E-state index in [0.29, 0.717) is 13.1 Å². The maximum absolute atomic E-state index is 12.1. The van der Waals surface area contributed by atoms with Crippen molar-refractivity contribution in [2.24, 2.45) is 0 Å². The van der Waals surface area contributed by atoms with Crippen LogP contribution in [0.25, 0.3) is 10.2 Å². The third-order valence-electron chi connectivity index (χ3n) is 3.60. The van der Waals surface area contributed by atoms with E-state index in [4.69, 9.17) is 10.5 Å². The quantitative estimate of drug-likeness (QED) is 0.812. The lowest BCUT2D eigenvalue weighted by atomic mass is 10.2. The van der Waals surface area contributed by atoms with Gasteiger partial charge in [-0.3, -0.25) is 0 Å². The summed E-state index contributed by atoms with van der Waals surface area (Å²) in [6, 6.07) is 5.77. The van der Waals surface area contributed by atoms with Gasteiger partial charge in [-0.1, -0.05) is 11.3 Å². The molecule has 0 bridgehead atoms. The maximum Gasteiger partial charge on any atom is 0.410 e. The fraction of sp³-hybridized carbons (Fsp3) is 0.500. The van der Waals surface area contributed by atoms with Gasteiger partial charge < -0.3 is 20.3 Å². The molecular weight excluding hydrogens is 312 g/mol. The summed E-state index contributed by atoms with van der Waals surface area (Å²) in [7, 11) is 0. The number of nitrogen functional groups attached to an aromatic ring is 1. The van der Waals surface area contributed by atoms with E-state index < -0.39 is 5.60 Å². The van der Waals surface area contributed by atoms with Crippen molar-refractivity contribution in [3.05, 3.63) is 18.2 Å². The molecule has 2 N–H and O–H groups in total. The lowest BCUT2D eigenvalue weighted by Crippen LogP contribution is -2.50. The van der Waals surface area contributed by atoms with Gasteiger partial charge >= 0.3 is 6.09 Å². The Labute approximate surface area is 139 Å². The van der Waals surface area contributed by atoms with Crippen LogP contribution in [-0.2, 0) is 4.74 Å².